The number of imidazole rings is 2. The fourth-order valence-corrected chi connectivity index (χ4v) is 3.67. The molecule has 0 bridgehead atoms. The molecule has 0 saturated heterocycles. The Morgan fingerprint density at radius 1 is 1.18 bits per heavy atom. The number of ether oxygens (including phenoxy) is 1. The van der Waals surface area contributed by atoms with Crippen LogP contribution in [0.25, 0.3) is 11.0 Å². The number of aryl methyl sites for hydroxylation is 2. The second kappa shape index (κ2) is 9.15. The van der Waals surface area contributed by atoms with Gasteiger partial charge >= 0.3 is 5.97 Å². The van der Waals surface area contributed by atoms with Crippen molar-refractivity contribution < 1.29 is 9.53 Å². The molecular weight excluding hydrogens is 418 g/mol. The van der Waals surface area contributed by atoms with Gasteiger partial charge in [-0.1, -0.05) is 6.07 Å². The number of nitrogen functional groups attached to an aromatic ring is 1. The van der Waals surface area contributed by atoms with E-state index >= 15 is 0 Å². The SMILES string of the molecule is CCOC(=O)c1cn(Cc2ccc3c(c2)nc(CNc2ccc(C(=N)N)cc2)n3C)c(C)n1. The highest BCUT2D eigenvalue weighted by molar-refractivity contribution is 5.95. The number of hydrogen-bond acceptors (Lipinski definition) is 6. The van der Waals surface area contributed by atoms with Crippen molar-refractivity contribution >= 4 is 28.5 Å². The van der Waals surface area contributed by atoms with Crippen molar-refractivity contribution in [2.45, 2.75) is 26.9 Å². The molecule has 4 rings (SSSR count). The number of fused-ring (bicyclic) bond motifs is 1. The van der Waals surface area contributed by atoms with Gasteiger partial charge in [-0.05, 0) is 55.8 Å². The van der Waals surface area contributed by atoms with Gasteiger partial charge in [-0.3, -0.25) is 5.41 Å². The van der Waals surface area contributed by atoms with Crippen LogP contribution >= 0.6 is 0 Å². The summed E-state index contributed by atoms with van der Waals surface area (Å²) in [6.07, 6.45) is 1.72. The summed E-state index contributed by atoms with van der Waals surface area (Å²) in [4.78, 5) is 21.1. The van der Waals surface area contributed by atoms with Gasteiger partial charge in [0, 0.05) is 31.0 Å². The molecule has 170 valence electrons. The zero-order chi connectivity index (χ0) is 23.5. The monoisotopic (exact) mass is 445 g/mol. The van der Waals surface area contributed by atoms with Crippen LogP contribution in [0.15, 0.2) is 48.7 Å². The van der Waals surface area contributed by atoms with E-state index in [0.717, 1.165) is 33.9 Å². The number of hydrogen-bond donors (Lipinski definition) is 3. The second-order valence-corrected chi connectivity index (χ2v) is 7.78. The van der Waals surface area contributed by atoms with E-state index in [4.69, 9.17) is 20.9 Å². The molecular formula is C24H27N7O2. The molecule has 4 N–H and O–H groups in total. The minimum absolute atomic E-state index is 0.0516. The third-order valence-corrected chi connectivity index (χ3v) is 5.50. The lowest BCUT2D eigenvalue weighted by Gasteiger charge is -2.07. The highest BCUT2D eigenvalue weighted by atomic mass is 16.5. The van der Waals surface area contributed by atoms with Gasteiger partial charge in [-0.25, -0.2) is 14.8 Å². The number of esters is 1. The van der Waals surface area contributed by atoms with E-state index < -0.39 is 5.97 Å². The summed E-state index contributed by atoms with van der Waals surface area (Å²) in [7, 11) is 2.00. The summed E-state index contributed by atoms with van der Waals surface area (Å²) >= 11 is 0. The van der Waals surface area contributed by atoms with Gasteiger partial charge in [0.25, 0.3) is 0 Å². The minimum atomic E-state index is -0.410. The van der Waals surface area contributed by atoms with Crippen LogP contribution in [-0.4, -0.2) is 37.5 Å². The number of rotatable bonds is 8. The van der Waals surface area contributed by atoms with Gasteiger partial charge in [-0.15, -0.1) is 0 Å². The van der Waals surface area contributed by atoms with Crippen molar-refractivity contribution in [1.82, 2.24) is 19.1 Å². The fraction of sp³-hybridized carbons (Fsp3) is 0.250. The predicted octanol–water partition coefficient (Wildman–Crippen LogP) is 3.20. The number of benzene rings is 2. The van der Waals surface area contributed by atoms with Gasteiger partial charge in [0.05, 0.1) is 24.2 Å². The van der Waals surface area contributed by atoms with Crippen molar-refractivity contribution in [3.05, 3.63) is 77.1 Å². The molecule has 0 spiro atoms. The Morgan fingerprint density at radius 2 is 1.94 bits per heavy atom. The molecule has 4 aromatic rings. The molecule has 0 fully saturated rings. The Balaban J connectivity index is 1.49. The van der Waals surface area contributed by atoms with Crippen LogP contribution in [0.4, 0.5) is 5.69 Å². The summed E-state index contributed by atoms with van der Waals surface area (Å²) in [6.45, 7) is 5.11. The molecule has 33 heavy (non-hydrogen) atoms. The number of carbonyl (C=O) groups excluding carboxylic acids is 1. The molecule has 0 radical (unpaired) electrons. The maximum absolute atomic E-state index is 12.0. The molecule has 0 aliphatic rings. The van der Waals surface area contributed by atoms with Gasteiger partial charge in [0.2, 0.25) is 0 Å². The van der Waals surface area contributed by atoms with E-state index in [1.165, 1.54) is 0 Å². The summed E-state index contributed by atoms with van der Waals surface area (Å²) < 4.78 is 9.04. The fourth-order valence-electron chi connectivity index (χ4n) is 3.67. The largest absolute Gasteiger partial charge is 0.461 e. The normalized spacial score (nSPS) is 11.0. The molecule has 0 amide bonds. The maximum atomic E-state index is 12.0. The first-order valence-electron chi connectivity index (χ1n) is 10.7. The van der Waals surface area contributed by atoms with Crippen molar-refractivity contribution in [2.75, 3.05) is 11.9 Å². The van der Waals surface area contributed by atoms with Gasteiger partial charge < -0.3 is 24.9 Å². The zero-order valence-electron chi connectivity index (χ0n) is 18.9. The second-order valence-electron chi connectivity index (χ2n) is 7.78. The van der Waals surface area contributed by atoms with Gasteiger partial charge in [0.15, 0.2) is 5.69 Å². The average Bonchev–Trinajstić information content (AvgIpc) is 3.32. The minimum Gasteiger partial charge on any atom is -0.461 e. The van der Waals surface area contributed by atoms with Crippen LogP contribution in [0.3, 0.4) is 0 Å². The van der Waals surface area contributed by atoms with E-state index in [2.05, 4.69) is 33.1 Å². The molecule has 0 unspecified atom stereocenters. The molecule has 2 heterocycles. The highest BCUT2D eigenvalue weighted by Crippen LogP contribution is 2.19. The zero-order valence-corrected chi connectivity index (χ0v) is 18.9. The first-order valence-corrected chi connectivity index (χ1v) is 10.7. The molecule has 0 aliphatic heterocycles. The topological polar surface area (TPSA) is 124 Å². The van der Waals surface area contributed by atoms with Gasteiger partial charge in [0.1, 0.15) is 17.5 Å². The molecule has 9 nitrogen and oxygen atoms in total. The van der Waals surface area contributed by atoms with Crippen LogP contribution in [0.2, 0.25) is 0 Å². The lowest BCUT2D eigenvalue weighted by molar-refractivity contribution is 0.0520. The number of amidine groups is 1. The Kier molecular flexibility index (Phi) is 6.12. The molecule has 2 aromatic carbocycles. The number of nitrogens with two attached hydrogens (primary N) is 1. The molecule has 2 aromatic heterocycles. The number of aromatic nitrogens is 4. The number of nitrogens with zero attached hydrogens (tertiary/aromatic N) is 4. The highest BCUT2D eigenvalue weighted by Gasteiger charge is 2.14. The van der Waals surface area contributed by atoms with Crippen LogP contribution in [-0.2, 0) is 24.9 Å². The molecule has 0 saturated carbocycles. The van der Waals surface area contributed by atoms with E-state index in [1.54, 1.807) is 13.1 Å². The smallest absolute Gasteiger partial charge is 0.358 e. The average molecular weight is 446 g/mol. The van der Waals surface area contributed by atoms with Crippen LogP contribution in [0.1, 0.15) is 40.2 Å². The van der Waals surface area contributed by atoms with Crippen molar-refractivity contribution in [3.63, 3.8) is 0 Å². The third-order valence-electron chi connectivity index (χ3n) is 5.50. The number of carbonyl (C=O) groups is 1. The molecule has 9 heteroatoms. The van der Waals surface area contributed by atoms with Crippen molar-refractivity contribution in [2.24, 2.45) is 12.8 Å². The number of nitrogens with one attached hydrogen (secondary N) is 2. The summed E-state index contributed by atoms with van der Waals surface area (Å²) in [5.74, 6) is 1.30. The third kappa shape index (κ3) is 4.72. The van der Waals surface area contributed by atoms with Crippen LogP contribution < -0.4 is 11.1 Å². The Hall–Kier alpha value is -4.14. The van der Waals surface area contributed by atoms with Crippen molar-refractivity contribution in [3.8, 4) is 0 Å². The first kappa shape index (κ1) is 22.1. The number of anilines is 1. The maximum Gasteiger partial charge on any atom is 0.358 e. The van der Waals surface area contributed by atoms with Crippen molar-refractivity contribution in [1.29, 1.82) is 5.41 Å². The van der Waals surface area contributed by atoms with E-state index in [0.29, 0.717) is 31.0 Å². The summed E-state index contributed by atoms with van der Waals surface area (Å²) in [5, 5.41) is 10.9. The molecule has 0 atom stereocenters. The Labute approximate surface area is 191 Å². The quantitative estimate of drug-likeness (QED) is 0.217. The first-order chi connectivity index (χ1) is 15.9. The summed E-state index contributed by atoms with van der Waals surface area (Å²) in [5.41, 5.74) is 10.5. The van der Waals surface area contributed by atoms with Crippen LogP contribution in [0, 0.1) is 12.3 Å². The Bertz CT molecular complexity index is 1320. The summed E-state index contributed by atoms with van der Waals surface area (Å²) in [6, 6.07) is 13.6. The lowest BCUT2D eigenvalue weighted by Crippen LogP contribution is -2.11. The lowest BCUT2D eigenvalue weighted by atomic mass is 10.2. The van der Waals surface area contributed by atoms with Gasteiger partial charge in [-0.2, -0.15) is 0 Å². The van der Waals surface area contributed by atoms with Crippen LogP contribution in [0.5, 0.6) is 0 Å². The van der Waals surface area contributed by atoms with E-state index in [9.17, 15) is 4.79 Å². The van der Waals surface area contributed by atoms with E-state index in [-0.39, 0.29) is 5.84 Å². The predicted molar refractivity (Wildman–Crippen MR) is 128 cm³/mol. The standard InChI is InChI=1S/C24H27N7O2/c1-4-33-24(32)20-14-31(15(2)28-20)13-16-5-10-21-19(11-16)29-22(30(21)3)12-27-18-8-6-17(7-9-18)23(25)26/h5-11,14,27H,4,12-13H2,1-3H3,(H3,25,26). The van der Waals surface area contributed by atoms with E-state index in [1.807, 2.05) is 42.8 Å². The Morgan fingerprint density at radius 3 is 2.64 bits per heavy atom. The molecule has 0 aliphatic carbocycles.